The minimum atomic E-state index is -4.80. The predicted octanol–water partition coefficient (Wildman–Crippen LogP) is 3.89. The number of halogens is 4. The fraction of sp³-hybridized carbons (Fsp3) is 0.200. The molecule has 0 radical (unpaired) electrons. The third-order valence-corrected chi connectivity index (χ3v) is 4.24. The van der Waals surface area contributed by atoms with Gasteiger partial charge in [-0.15, -0.1) is 0 Å². The van der Waals surface area contributed by atoms with Crippen LogP contribution < -0.4 is 15.3 Å². The van der Waals surface area contributed by atoms with Crippen LogP contribution in [0.1, 0.15) is 34.6 Å². The Labute approximate surface area is 173 Å². The van der Waals surface area contributed by atoms with Crippen molar-refractivity contribution in [2.24, 2.45) is 0 Å². The quantitative estimate of drug-likeness (QED) is 0.468. The van der Waals surface area contributed by atoms with E-state index in [1.54, 1.807) is 0 Å². The Hall–Kier alpha value is -3.76. The lowest BCUT2D eigenvalue weighted by molar-refractivity contribution is -0.782. The number of urea groups is 1. The minimum absolute atomic E-state index is 0.158. The van der Waals surface area contributed by atoms with Crippen LogP contribution in [0.2, 0.25) is 0 Å². The van der Waals surface area contributed by atoms with E-state index in [2.05, 4.69) is 5.27 Å². The minimum Gasteiger partial charge on any atom is -0.308 e. The van der Waals surface area contributed by atoms with E-state index in [1.165, 1.54) is 10.9 Å². The molecule has 7 nitrogen and oxygen atoms in total. The summed E-state index contributed by atoms with van der Waals surface area (Å²) in [6.07, 6.45) is -2.89. The molecule has 1 atom stereocenters. The number of amides is 3. The van der Waals surface area contributed by atoms with E-state index in [-0.39, 0.29) is 17.9 Å². The molecular weight excluding hydrogens is 420 g/mol. The first-order chi connectivity index (χ1) is 14.6. The predicted molar refractivity (Wildman–Crippen MR) is 99.4 cm³/mol. The Morgan fingerprint density at radius 2 is 1.87 bits per heavy atom. The third-order valence-electron chi connectivity index (χ3n) is 4.24. The molecule has 0 saturated heterocycles. The zero-order chi connectivity index (χ0) is 22.6. The highest BCUT2D eigenvalue weighted by Crippen LogP contribution is 2.31. The van der Waals surface area contributed by atoms with Crippen molar-refractivity contribution in [3.63, 3.8) is 0 Å². The summed E-state index contributed by atoms with van der Waals surface area (Å²) in [5, 5.41) is 7.61. The van der Waals surface area contributed by atoms with Crippen molar-refractivity contribution in [3.8, 4) is 0 Å². The summed E-state index contributed by atoms with van der Waals surface area (Å²) in [4.78, 5) is 24.1. The number of benzene rings is 2. The van der Waals surface area contributed by atoms with E-state index in [9.17, 15) is 27.2 Å². The number of hydrogen-bond donors (Lipinski definition) is 2. The average Bonchev–Trinajstić information content (AvgIpc) is 3.18. The van der Waals surface area contributed by atoms with Crippen molar-refractivity contribution in [1.82, 2.24) is 10.6 Å². The van der Waals surface area contributed by atoms with E-state index in [0.29, 0.717) is 18.6 Å². The summed E-state index contributed by atoms with van der Waals surface area (Å²) in [5.41, 5.74) is -0.705. The maximum absolute atomic E-state index is 13.4. The van der Waals surface area contributed by atoms with Gasteiger partial charge in [-0.25, -0.2) is 9.18 Å². The molecule has 0 spiro atoms. The molecule has 0 fully saturated rings. The molecular formula is C20H17F4N4O3+. The van der Waals surface area contributed by atoms with Gasteiger partial charge in [-0.2, -0.15) is 13.2 Å². The topological polar surface area (TPSA) is 88.1 Å². The number of imide groups is 1. The highest BCUT2D eigenvalue weighted by Gasteiger charge is 2.31. The van der Waals surface area contributed by atoms with Crippen molar-refractivity contribution in [1.29, 1.82) is 0 Å². The Kier molecular flexibility index (Phi) is 6.33. The Morgan fingerprint density at radius 1 is 1.16 bits per heavy atom. The fourth-order valence-corrected chi connectivity index (χ4v) is 2.77. The zero-order valence-corrected chi connectivity index (χ0v) is 16.1. The molecule has 11 heteroatoms. The van der Waals surface area contributed by atoms with Crippen LogP contribution >= 0.6 is 0 Å². The number of carbonyl (C=O) groups excluding carboxylic acids is 2. The van der Waals surface area contributed by atoms with Gasteiger partial charge in [0.15, 0.2) is 11.3 Å². The number of aromatic nitrogens is 2. The van der Waals surface area contributed by atoms with Gasteiger partial charge in [0.1, 0.15) is 5.82 Å². The SMILES string of the molecule is CC(Cc1ccccc1)[n+]1cc(C(=O)NC(=O)Nc2cc(F)cc(C(F)(F)F)c2)on1. The number of nitrogens with zero attached hydrogens (tertiary/aromatic N) is 2. The molecule has 162 valence electrons. The number of alkyl halides is 3. The fourth-order valence-electron chi connectivity index (χ4n) is 2.77. The molecule has 2 aromatic carbocycles. The number of carbonyl (C=O) groups is 2. The molecule has 1 unspecified atom stereocenters. The van der Waals surface area contributed by atoms with E-state index in [1.807, 2.05) is 47.9 Å². The number of anilines is 1. The molecule has 0 bridgehead atoms. The van der Waals surface area contributed by atoms with Gasteiger partial charge in [-0.05, 0) is 28.4 Å². The van der Waals surface area contributed by atoms with Gasteiger partial charge in [0.05, 0.1) is 5.56 Å². The normalized spacial score (nSPS) is 12.3. The summed E-state index contributed by atoms with van der Waals surface area (Å²) >= 11 is 0. The summed E-state index contributed by atoms with van der Waals surface area (Å²) in [6.45, 7) is 1.85. The molecule has 0 aliphatic heterocycles. The number of nitrogens with one attached hydrogen (secondary N) is 2. The molecule has 0 aliphatic rings. The van der Waals surface area contributed by atoms with E-state index >= 15 is 0 Å². The lowest BCUT2D eigenvalue weighted by Gasteiger charge is -2.10. The molecule has 31 heavy (non-hydrogen) atoms. The Balaban J connectivity index is 1.62. The largest absolute Gasteiger partial charge is 0.416 e. The lowest BCUT2D eigenvalue weighted by Crippen LogP contribution is -2.40. The number of rotatable bonds is 5. The van der Waals surface area contributed by atoms with Gasteiger partial charge in [0.25, 0.3) is 12.0 Å². The summed E-state index contributed by atoms with van der Waals surface area (Å²) in [7, 11) is 0. The second kappa shape index (κ2) is 8.94. The average molecular weight is 437 g/mol. The van der Waals surface area contributed by atoms with Crippen LogP contribution in [0.3, 0.4) is 0 Å². The summed E-state index contributed by atoms with van der Waals surface area (Å²) in [5.74, 6) is -2.45. The van der Waals surface area contributed by atoms with Crippen LogP contribution in [0.5, 0.6) is 0 Å². The van der Waals surface area contributed by atoms with Crippen LogP contribution in [0.25, 0.3) is 0 Å². The first-order valence-electron chi connectivity index (χ1n) is 9.04. The summed E-state index contributed by atoms with van der Waals surface area (Å²) < 4.78 is 58.0. The van der Waals surface area contributed by atoms with Gasteiger partial charge < -0.3 is 5.32 Å². The summed E-state index contributed by atoms with van der Waals surface area (Å²) in [6, 6.07) is 9.74. The van der Waals surface area contributed by atoms with Crippen molar-refractivity contribution in [2.75, 3.05) is 5.32 Å². The van der Waals surface area contributed by atoms with Crippen molar-refractivity contribution < 1.29 is 36.4 Å². The van der Waals surface area contributed by atoms with Crippen LogP contribution in [-0.2, 0) is 12.6 Å². The standard InChI is InChI=1S/C20H16F4N4O3/c1-12(7-13-5-3-2-4-6-13)28-11-17(31-27-28)18(29)26-19(30)25-16-9-14(20(22,23)24)8-15(21)10-16/h2-6,8-12H,7H2,1H3,(H-,25,26,29,30)/p+1. The molecule has 3 rings (SSSR count). The second-order valence-electron chi connectivity index (χ2n) is 6.72. The van der Waals surface area contributed by atoms with Gasteiger partial charge in [0.2, 0.25) is 0 Å². The van der Waals surface area contributed by atoms with Crippen LogP contribution in [0.15, 0.2) is 59.3 Å². The van der Waals surface area contributed by atoms with Crippen LogP contribution in [-0.4, -0.2) is 17.2 Å². The Morgan fingerprint density at radius 3 is 2.55 bits per heavy atom. The molecule has 0 saturated carbocycles. The zero-order valence-electron chi connectivity index (χ0n) is 16.1. The highest BCUT2D eigenvalue weighted by molar-refractivity contribution is 6.06. The van der Waals surface area contributed by atoms with Crippen molar-refractivity contribution >= 4 is 17.6 Å². The van der Waals surface area contributed by atoms with Gasteiger partial charge >= 0.3 is 18.1 Å². The first-order valence-corrected chi connectivity index (χ1v) is 9.04. The number of hydrogen-bond acceptors (Lipinski definition) is 4. The van der Waals surface area contributed by atoms with Crippen molar-refractivity contribution in [3.05, 3.63) is 77.4 Å². The van der Waals surface area contributed by atoms with E-state index in [0.717, 1.165) is 5.56 Å². The molecule has 1 heterocycles. The van der Waals surface area contributed by atoms with Gasteiger partial charge in [0, 0.05) is 19.0 Å². The van der Waals surface area contributed by atoms with Crippen LogP contribution in [0, 0.1) is 5.82 Å². The smallest absolute Gasteiger partial charge is 0.308 e. The lowest BCUT2D eigenvalue weighted by atomic mass is 10.1. The maximum atomic E-state index is 13.4. The maximum Gasteiger partial charge on any atom is 0.416 e. The Bertz CT molecular complexity index is 1080. The molecule has 3 amide bonds. The first kappa shape index (κ1) is 21.9. The van der Waals surface area contributed by atoms with Gasteiger partial charge in [-0.1, -0.05) is 30.3 Å². The van der Waals surface area contributed by atoms with E-state index < -0.39 is 35.2 Å². The monoisotopic (exact) mass is 437 g/mol. The molecule has 0 aliphatic carbocycles. The second-order valence-corrected chi connectivity index (χ2v) is 6.72. The van der Waals surface area contributed by atoms with Crippen LogP contribution in [0.4, 0.5) is 28.0 Å². The molecule has 1 aromatic heterocycles. The van der Waals surface area contributed by atoms with E-state index in [4.69, 9.17) is 4.52 Å². The van der Waals surface area contributed by atoms with Crippen molar-refractivity contribution in [2.45, 2.75) is 25.6 Å². The van der Waals surface area contributed by atoms with Gasteiger partial charge in [-0.3, -0.25) is 14.6 Å². The molecule has 2 N–H and O–H groups in total. The third kappa shape index (κ3) is 5.87. The molecule has 3 aromatic rings. The highest BCUT2D eigenvalue weighted by atomic mass is 19.4.